The molecule has 0 unspecified atom stereocenters. The Morgan fingerprint density at radius 2 is 0.862 bits per heavy atom. The van der Waals surface area contributed by atoms with Crippen molar-refractivity contribution in [2.24, 2.45) is 0 Å². The fraction of sp³-hybridized carbons (Fsp3) is 0.583. The molecule has 4 aliphatic rings. The maximum absolute atomic E-state index is 2.59. The number of halogens is 2. The van der Waals surface area contributed by atoms with Crippen LogP contribution < -0.4 is 12.4 Å². The van der Waals surface area contributed by atoms with Gasteiger partial charge in [0, 0.05) is 0 Å². The summed E-state index contributed by atoms with van der Waals surface area (Å²) in [5.74, 6) is 2.98. The fourth-order valence-electron chi connectivity index (χ4n) is 4.10. The molecule has 0 aromatic carbocycles. The number of hydrogen-bond donors (Lipinski definition) is 0. The van der Waals surface area contributed by atoms with Crippen LogP contribution in [0.25, 0.3) is 0 Å². The summed E-state index contributed by atoms with van der Waals surface area (Å²) in [6.07, 6.45) is 28.4. The van der Waals surface area contributed by atoms with E-state index in [1.54, 1.807) is 0 Å². The van der Waals surface area contributed by atoms with E-state index in [1.165, 1.54) is 102 Å². The zero-order chi connectivity index (χ0) is 17.9. The number of likely N-dealkylation sites (tertiary alicyclic amines) is 2. The number of rotatable bonds is 6. The Hall–Kier alpha value is 1.21. The van der Waals surface area contributed by atoms with Crippen LogP contribution in [0, 0.1) is 63.2 Å². The summed E-state index contributed by atoms with van der Waals surface area (Å²) in [6.45, 7) is 7.79. The van der Waals surface area contributed by atoms with Gasteiger partial charge in [-0.1, -0.05) is 12.8 Å². The minimum absolute atomic E-state index is 0. The van der Waals surface area contributed by atoms with E-state index in [4.69, 9.17) is 0 Å². The molecular weight excluding hydrogens is 435 g/mol. The molecule has 0 aromatic heterocycles. The van der Waals surface area contributed by atoms with Gasteiger partial charge in [0.05, 0.1) is 0 Å². The maximum Gasteiger partial charge on any atom is 4.00 e. The van der Waals surface area contributed by atoms with E-state index in [9.17, 15) is 0 Å². The van der Waals surface area contributed by atoms with Crippen LogP contribution >= 0.6 is 12.4 Å². The molecule has 5 heteroatoms. The molecule has 2 aliphatic carbocycles. The van der Waals surface area contributed by atoms with Crippen molar-refractivity contribution in [1.29, 1.82) is 0 Å². The summed E-state index contributed by atoms with van der Waals surface area (Å²) in [5.41, 5.74) is 0. The summed E-state index contributed by atoms with van der Waals surface area (Å²) < 4.78 is 0. The molecule has 2 saturated carbocycles. The smallest absolute Gasteiger partial charge is 1.00 e. The van der Waals surface area contributed by atoms with Crippen LogP contribution in [0.3, 0.4) is 0 Å². The summed E-state index contributed by atoms with van der Waals surface area (Å²) in [5, 5.41) is 0. The van der Waals surface area contributed by atoms with Gasteiger partial charge in [0.15, 0.2) is 0 Å². The number of piperidine rings is 2. The van der Waals surface area contributed by atoms with E-state index >= 15 is 0 Å². The summed E-state index contributed by atoms with van der Waals surface area (Å²) in [4.78, 5) is 5.19. The van der Waals surface area contributed by atoms with Crippen LogP contribution in [-0.2, 0) is 21.7 Å². The van der Waals surface area contributed by atoms with E-state index < -0.39 is 0 Å². The molecule has 158 valence electrons. The molecular formula is C24H37Cl2N2Ti+3. The molecule has 0 bridgehead atoms. The van der Waals surface area contributed by atoms with E-state index in [1.807, 2.05) is 0 Å². The van der Waals surface area contributed by atoms with Crippen molar-refractivity contribution in [2.75, 3.05) is 39.3 Å². The Kier molecular flexibility index (Phi) is 19.5. The first-order chi connectivity index (χ1) is 12.9. The van der Waals surface area contributed by atoms with Crippen molar-refractivity contribution in [3.05, 3.63) is 63.2 Å². The largest absolute Gasteiger partial charge is 4.00 e. The van der Waals surface area contributed by atoms with Crippen LogP contribution in [0.1, 0.15) is 51.4 Å². The second kappa shape index (κ2) is 18.8. The van der Waals surface area contributed by atoms with Gasteiger partial charge in [-0.15, -0.1) is 12.4 Å². The van der Waals surface area contributed by atoms with Crippen molar-refractivity contribution in [1.82, 2.24) is 9.80 Å². The van der Waals surface area contributed by atoms with Gasteiger partial charge in [-0.05, 0) is 141 Å². The first kappa shape index (κ1) is 30.2. The maximum atomic E-state index is 2.59. The van der Waals surface area contributed by atoms with Gasteiger partial charge in [-0.25, -0.2) is 0 Å². The third kappa shape index (κ3) is 12.7. The quantitative estimate of drug-likeness (QED) is 0.546. The Labute approximate surface area is 209 Å². The van der Waals surface area contributed by atoms with Crippen LogP contribution in [0.15, 0.2) is 0 Å². The molecule has 2 nitrogen and oxygen atoms in total. The standard InChI is InChI=1S/2C12H18N.2ClH.Ti/c2*1-4-9-13(10-5-1)11-8-12-6-2-3-7-12;;;/h2*2-3,6-7H,1,4-5,8-11H2;2*1H;/q;;;;+4/p-1. The SMILES string of the molecule is Cl.[CH]1[CH][CH][C](CCN2CCCCC2)[CH]1.[CH]1[CH][CH][C](CCN2CCCCC2)[CH]1.[Cl-].[Ti+4]. The number of nitrogens with zero attached hydrogens (tertiary/aromatic N) is 2. The molecule has 4 rings (SSSR count). The molecule has 10 radical (unpaired) electrons. The van der Waals surface area contributed by atoms with Gasteiger partial charge >= 0.3 is 21.7 Å². The van der Waals surface area contributed by atoms with E-state index in [-0.39, 0.29) is 46.5 Å². The Bertz CT molecular complexity index is 315. The zero-order valence-electron chi connectivity index (χ0n) is 17.7. The summed E-state index contributed by atoms with van der Waals surface area (Å²) >= 11 is 0. The van der Waals surface area contributed by atoms with Crippen LogP contribution in [0.2, 0.25) is 0 Å². The summed E-state index contributed by atoms with van der Waals surface area (Å²) in [7, 11) is 0. The third-order valence-corrected chi connectivity index (χ3v) is 5.79. The van der Waals surface area contributed by atoms with E-state index in [0.717, 1.165) is 0 Å². The third-order valence-electron chi connectivity index (χ3n) is 5.79. The second-order valence-corrected chi connectivity index (χ2v) is 7.89. The Morgan fingerprint density at radius 3 is 1.17 bits per heavy atom. The van der Waals surface area contributed by atoms with Gasteiger partial charge in [0.2, 0.25) is 0 Å². The summed E-state index contributed by atoms with van der Waals surface area (Å²) in [6, 6.07) is 0. The monoisotopic (exact) mass is 471 g/mol. The van der Waals surface area contributed by atoms with Crippen LogP contribution in [0.5, 0.6) is 0 Å². The van der Waals surface area contributed by atoms with Crippen LogP contribution in [-0.4, -0.2) is 49.1 Å². The van der Waals surface area contributed by atoms with Gasteiger partial charge in [0.25, 0.3) is 0 Å². The molecule has 29 heavy (non-hydrogen) atoms. The molecule has 2 saturated heterocycles. The first-order valence-corrected chi connectivity index (χ1v) is 10.8. The van der Waals surface area contributed by atoms with Gasteiger partial charge in [-0.2, -0.15) is 0 Å². The van der Waals surface area contributed by atoms with E-state index in [0.29, 0.717) is 0 Å². The van der Waals surface area contributed by atoms with Gasteiger partial charge in [0.1, 0.15) is 0 Å². The normalized spacial score (nSPS) is 24.0. The van der Waals surface area contributed by atoms with Crippen molar-refractivity contribution in [2.45, 2.75) is 51.4 Å². The van der Waals surface area contributed by atoms with E-state index in [2.05, 4.69) is 61.2 Å². The minimum Gasteiger partial charge on any atom is -1.00 e. The fourth-order valence-corrected chi connectivity index (χ4v) is 4.10. The second-order valence-electron chi connectivity index (χ2n) is 7.89. The molecule has 2 aliphatic heterocycles. The topological polar surface area (TPSA) is 6.48 Å². The molecule has 0 aromatic rings. The predicted molar refractivity (Wildman–Crippen MR) is 118 cm³/mol. The average molecular weight is 472 g/mol. The van der Waals surface area contributed by atoms with Crippen molar-refractivity contribution >= 4 is 12.4 Å². The van der Waals surface area contributed by atoms with Gasteiger partial charge < -0.3 is 22.2 Å². The van der Waals surface area contributed by atoms with Crippen LogP contribution in [0.4, 0.5) is 0 Å². The molecule has 0 N–H and O–H groups in total. The Balaban J connectivity index is 0.000000490. The molecule has 0 spiro atoms. The Morgan fingerprint density at radius 1 is 0.552 bits per heavy atom. The molecule has 4 fully saturated rings. The molecule has 2 heterocycles. The zero-order valence-corrected chi connectivity index (χ0v) is 20.8. The van der Waals surface area contributed by atoms with Gasteiger partial charge in [-0.3, -0.25) is 0 Å². The molecule has 0 amide bonds. The number of hydrogen-bond acceptors (Lipinski definition) is 2. The van der Waals surface area contributed by atoms with Crippen molar-refractivity contribution in [3.63, 3.8) is 0 Å². The predicted octanol–water partition coefficient (Wildman–Crippen LogP) is 1.96. The minimum atomic E-state index is 0. The average Bonchev–Trinajstić information content (AvgIpc) is 3.41. The van der Waals surface area contributed by atoms with Crippen molar-refractivity contribution in [3.8, 4) is 0 Å². The first-order valence-electron chi connectivity index (χ1n) is 10.8. The van der Waals surface area contributed by atoms with Crippen molar-refractivity contribution < 1.29 is 34.1 Å². The molecule has 0 atom stereocenters.